The lowest BCUT2D eigenvalue weighted by atomic mass is 10.2. The van der Waals surface area contributed by atoms with Crippen molar-refractivity contribution in [3.63, 3.8) is 0 Å². The molecule has 0 spiro atoms. The molecule has 0 aliphatic heterocycles. The van der Waals surface area contributed by atoms with Gasteiger partial charge in [0.2, 0.25) is 5.43 Å². The number of aliphatic hydroxyl groups is 1. The molecule has 7 heteroatoms. The van der Waals surface area contributed by atoms with Crippen molar-refractivity contribution in [3.8, 4) is 5.75 Å². The van der Waals surface area contributed by atoms with Crippen molar-refractivity contribution in [3.05, 3.63) is 27.7 Å². The van der Waals surface area contributed by atoms with Crippen molar-refractivity contribution in [2.45, 2.75) is 45.9 Å². The first-order valence-corrected chi connectivity index (χ1v) is 7.31. The smallest absolute Gasteiger partial charge is 0.326 e. The number of carboxylic acids is 1. The highest BCUT2D eigenvalue weighted by atomic mass is 16.4. The minimum Gasteiger partial charge on any atom is -0.503 e. The molecule has 0 saturated heterocycles. The van der Waals surface area contributed by atoms with Crippen LogP contribution in [0.25, 0.3) is 0 Å². The van der Waals surface area contributed by atoms with Gasteiger partial charge in [-0.2, -0.15) is 0 Å². The summed E-state index contributed by atoms with van der Waals surface area (Å²) >= 11 is 0. The maximum absolute atomic E-state index is 11.8. The number of nitrogens with zero attached hydrogens (tertiary/aromatic N) is 2. The van der Waals surface area contributed by atoms with Gasteiger partial charge < -0.3 is 24.8 Å². The van der Waals surface area contributed by atoms with Gasteiger partial charge in [0.25, 0.3) is 0 Å². The molecule has 1 aromatic rings. The number of aliphatic carboxylic acids is 1. The van der Waals surface area contributed by atoms with E-state index in [0.29, 0.717) is 0 Å². The Morgan fingerprint density at radius 3 is 2.59 bits per heavy atom. The molecule has 0 bridgehead atoms. The Kier molecular flexibility index (Phi) is 6.58. The minimum absolute atomic E-state index is 0.177. The van der Waals surface area contributed by atoms with E-state index in [1.165, 1.54) is 11.5 Å². The first-order valence-electron chi connectivity index (χ1n) is 7.31. The topological polar surface area (TPSA) is 103 Å². The predicted molar refractivity (Wildman–Crippen MR) is 81.9 cm³/mol. The monoisotopic (exact) mass is 312 g/mol. The lowest BCUT2D eigenvalue weighted by Gasteiger charge is -2.25. The van der Waals surface area contributed by atoms with Gasteiger partial charge in [-0.3, -0.25) is 4.79 Å². The van der Waals surface area contributed by atoms with Crippen LogP contribution >= 0.6 is 0 Å². The number of aliphatic hydroxyl groups excluding tert-OH is 1. The van der Waals surface area contributed by atoms with Gasteiger partial charge in [-0.1, -0.05) is 13.3 Å². The van der Waals surface area contributed by atoms with Gasteiger partial charge in [0, 0.05) is 18.3 Å². The summed E-state index contributed by atoms with van der Waals surface area (Å²) in [7, 11) is 1.83. The lowest BCUT2D eigenvalue weighted by molar-refractivity contribution is -0.140. The molecule has 0 aliphatic carbocycles. The molecular formula is C15H24N2O5. The molecule has 0 aliphatic rings. The molecule has 1 unspecified atom stereocenters. The summed E-state index contributed by atoms with van der Waals surface area (Å²) < 4.78 is 1.32. The fraction of sp³-hybridized carbons (Fsp3) is 0.600. The normalized spacial score (nSPS) is 12.6. The molecule has 0 saturated carbocycles. The van der Waals surface area contributed by atoms with E-state index >= 15 is 0 Å². The molecule has 0 fully saturated rings. The Hall–Kier alpha value is -1.86. The molecule has 1 heterocycles. The SMILES string of the molecule is CCCCN(C)Cc1c(O)c(=O)cc(CO)n1C(C)C(=O)O. The van der Waals surface area contributed by atoms with E-state index in [0.717, 1.165) is 25.5 Å². The van der Waals surface area contributed by atoms with Gasteiger partial charge in [0.1, 0.15) is 6.04 Å². The number of hydrogen-bond acceptors (Lipinski definition) is 5. The highest BCUT2D eigenvalue weighted by Gasteiger charge is 2.23. The third-order valence-electron chi connectivity index (χ3n) is 3.62. The van der Waals surface area contributed by atoms with Crippen molar-refractivity contribution < 1.29 is 20.1 Å². The van der Waals surface area contributed by atoms with Gasteiger partial charge in [0.15, 0.2) is 5.75 Å². The molecule has 124 valence electrons. The third-order valence-corrected chi connectivity index (χ3v) is 3.62. The highest BCUT2D eigenvalue weighted by Crippen LogP contribution is 2.22. The van der Waals surface area contributed by atoms with Crippen LogP contribution in [-0.2, 0) is 17.9 Å². The minimum atomic E-state index is -1.10. The summed E-state index contributed by atoms with van der Waals surface area (Å²) in [6.45, 7) is 4.02. The maximum atomic E-state index is 11.8. The molecule has 1 aromatic heterocycles. The maximum Gasteiger partial charge on any atom is 0.326 e. The van der Waals surface area contributed by atoms with Crippen LogP contribution < -0.4 is 5.43 Å². The van der Waals surface area contributed by atoms with Crippen molar-refractivity contribution in [2.24, 2.45) is 0 Å². The number of carboxylic acid groups (broad SMARTS) is 1. The number of carbonyl (C=O) groups is 1. The van der Waals surface area contributed by atoms with Crippen molar-refractivity contribution >= 4 is 5.97 Å². The molecule has 22 heavy (non-hydrogen) atoms. The quantitative estimate of drug-likeness (QED) is 0.659. The summed E-state index contributed by atoms with van der Waals surface area (Å²) in [4.78, 5) is 25.0. The molecular weight excluding hydrogens is 288 g/mol. The molecule has 0 radical (unpaired) electrons. The van der Waals surface area contributed by atoms with Gasteiger partial charge >= 0.3 is 5.97 Å². The number of unbranched alkanes of at least 4 members (excludes halogenated alkanes) is 1. The zero-order valence-corrected chi connectivity index (χ0v) is 13.2. The average Bonchev–Trinajstić information content (AvgIpc) is 2.48. The molecule has 3 N–H and O–H groups in total. The zero-order valence-electron chi connectivity index (χ0n) is 13.2. The Balaban J connectivity index is 3.35. The summed E-state index contributed by atoms with van der Waals surface area (Å²) in [6.07, 6.45) is 1.96. The molecule has 7 nitrogen and oxygen atoms in total. The summed E-state index contributed by atoms with van der Waals surface area (Å²) in [5.41, 5.74) is -0.224. The number of aromatic hydroxyl groups is 1. The van der Waals surface area contributed by atoms with E-state index in [2.05, 4.69) is 6.92 Å². The average molecular weight is 312 g/mol. The summed E-state index contributed by atoms with van der Waals surface area (Å²) in [5, 5.41) is 28.7. The van der Waals surface area contributed by atoms with Crippen LogP contribution in [0.2, 0.25) is 0 Å². The second-order valence-electron chi connectivity index (χ2n) is 5.43. The summed E-state index contributed by atoms with van der Waals surface area (Å²) in [6, 6.07) is 0.0767. The first-order chi connectivity index (χ1) is 10.3. The highest BCUT2D eigenvalue weighted by molar-refractivity contribution is 5.71. The fourth-order valence-corrected chi connectivity index (χ4v) is 2.35. The molecule has 0 aromatic carbocycles. The van der Waals surface area contributed by atoms with Crippen LogP contribution in [0.3, 0.4) is 0 Å². The van der Waals surface area contributed by atoms with Crippen LogP contribution in [0.5, 0.6) is 5.75 Å². The second kappa shape index (κ2) is 7.95. The van der Waals surface area contributed by atoms with E-state index in [1.54, 1.807) is 0 Å². The largest absolute Gasteiger partial charge is 0.503 e. The van der Waals surface area contributed by atoms with Gasteiger partial charge in [-0.15, -0.1) is 0 Å². The van der Waals surface area contributed by atoms with Gasteiger partial charge in [-0.25, -0.2) is 4.79 Å². The standard InChI is InChI=1S/C15H24N2O5/c1-4-5-6-16(3)8-12-14(20)13(19)7-11(9-18)17(12)10(2)15(21)22/h7,10,18,20H,4-6,8-9H2,1-3H3,(H,21,22). The third kappa shape index (κ3) is 4.08. The Morgan fingerprint density at radius 2 is 2.09 bits per heavy atom. The van der Waals surface area contributed by atoms with E-state index in [-0.39, 0.29) is 17.9 Å². The molecule has 1 atom stereocenters. The van der Waals surface area contributed by atoms with Crippen molar-refractivity contribution in [2.75, 3.05) is 13.6 Å². The van der Waals surface area contributed by atoms with Gasteiger partial charge in [0.05, 0.1) is 12.3 Å². The van der Waals surface area contributed by atoms with Crippen molar-refractivity contribution in [1.82, 2.24) is 9.47 Å². The number of aromatic nitrogens is 1. The fourth-order valence-electron chi connectivity index (χ4n) is 2.35. The number of rotatable bonds is 8. The number of hydrogen-bond donors (Lipinski definition) is 3. The summed E-state index contributed by atoms with van der Waals surface area (Å²) in [5.74, 6) is -1.57. The van der Waals surface area contributed by atoms with E-state index in [1.807, 2.05) is 11.9 Å². The molecule has 1 rings (SSSR count). The predicted octanol–water partition coefficient (Wildman–Crippen LogP) is 0.924. The van der Waals surface area contributed by atoms with Crippen LogP contribution in [0, 0.1) is 0 Å². The first kappa shape index (κ1) is 18.2. The van der Waals surface area contributed by atoms with Crippen LogP contribution in [0.4, 0.5) is 0 Å². The Morgan fingerprint density at radius 1 is 1.45 bits per heavy atom. The van der Waals surface area contributed by atoms with E-state index < -0.39 is 29.8 Å². The van der Waals surface area contributed by atoms with Crippen LogP contribution in [0.1, 0.15) is 44.1 Å². The van der Waals surface area contributed by atoms with Crippen LogP contribution in [-0.4, -0.2) is 44.3 Å². The lowest BCUT2D eigenvalue weighted by Crippen LogP contribution is -2.29. The zero-order chi connectivity index (χ0) is 16.9. The van der Waals surface area contributed by atoms with Crippen molar-refractivity contribution in [1.29, 1.82) is 0 Å². The van der Waals surface area contributed by atoms with Crippen LogP contribution in [0.15, 0.2) is 10.9 Å². The van der Waals surface area contributed by atoms with E-state index in [9.17, 15) is 24.9 Å². The Bertz CT molecular complexity index is 582. The van der Waals surface area contributed by atoms with E-state index in [4.69, 9.17) is 0 Å². The second-order valence-corrected chi connectivity index (χ2v) is 5.43. The van der Waals surface area contributed by atoms with Gasteiger partial charge in [-0.05, 0) is 26.9 Å². The molecule has 0 amide bonds. The Labute approximate surface area is 129 Å². The number of pyridine rings is 1.